The van der Waals surface area contributed by atoms with E-state index in [1.165, 1.54) is 22.1 Å². The second-order valence-corrected chi connectivity index (χ2v) is 7.26. The summed E-state index contributed by atoms with van der Waals surface area (Å²) >= 11 is 6.37. The molecule has 2 aliphatic rings. The van der Waals surface area contributed by atoms with Gasteiger partial charge in [0.15, 0.2) is 0 Å². The predicted octanol–water partition coefficient (Wildman–Crippen LogP) is 2.40. The van der Waals surface area contributed by atoms with E-state index >= 15 is 0 Å². The molecule has 28 heavy (non-hydrogen) atoms. The number of aromatic amines is 1. The van der Waals surface area contributed by atoms with Crippen LogP contribution < -0.4 is 0 Å². The van der Waals surface area contributed by atoms with Crippen molar-refractivity contribution in [2.75, 3.05) is 20.2 Å². The number of likely N-dealkylation sites (N-methyl/N-ethyl adjacent to an activating group) is 1. The SMILES string of the molecule is CN1C[C@H](CO)C=C2c3cccc4[nH]c(Cl)c(c34)C[C@H]21.O=C(O)/C=C\C(=O)O. The van der Waals surface area contributed by atoms with E-state index in [-0.39, 0.29) is 12.5 Å². The molecule has 2 heterocycles. The summed E-state index contributed by atoms with van der Waals surface area (Å²) in [6.07, 6.45) is 4.31. The van der Waals surface area contributed by atoms with Gasteiger partial charge in [-0.15, -0.1) is 0 Å². The van der Waals surface area contributed by atoms with Gasteiger partial charge in [0, 0.05) is 41.6 Å². The highest BCUT2D eigenvalue weighted by atomic mass is 35.5. The summed E-state index contributed by atoms with van der Waals surface area (Å²) < 4.78 is 0. The van der Waals surface area contributed by atoms with Gasteiger partial charge in [-0.25, -0.2) is 9.59 Å². The van der Waals surface area contributed by atoms with E-state index in [1.807, 2.05) is 0 Å². The van der Waals surface area contributed by atoms with Gasteiger partial charge in [0.05, 0.1) is 6.61 Å². The zero-order chi connectivity index (χ0) is 20.4. The van der Waals surface area contributed by atoms with Crippen molar-refractivity contribution in [3.8, 4) is 0 Å². The Kier molecular flexibility index (Phi) is 5.88. The number of halogens is 1. The smallest absolute Gasteiger partial charge is 0.328 e. The van der Waals surface area contributed by atoms with Crippen molar-refractivity contribution < 1.29 is 24.9 Å². The first kappa shape index (κ1) is 20.1. The lowest BCUT2D eigenvalue weighted by atomic mass is 9.80. The Morgan fingerprint density at radius 3 is 2.57 bits per heavy atom. The predicted molar refractivity (Wildman–Crippen MR) is 106 cm³/mol. The summed E-state index contributed by atoms with van der Waals surface area (Å²) in [6, 6.07) is 6.68. The van der Waals surface area contributed by atoms with Crippen LogP contribution in [0.4, 0.5) is 0 Å². The molecule has 1 aromatic heterocycles. The van der Waals surface area contributed by atoms with Crippen LogP contribution in [0.1, 0.15) is 11.1 Å². The average Bonchev–Trinajstić information content (AvgIpc) is 2.98. The number of aliphatic carboxylic acids is 2. The van der Waals surface area contributed by atoms with Gasteiger partial charge in [-0.1, -0.05) is 29.8 Å². The number of aromatic nitrogens is 1. The van der Waals surface area contributed by atoms with Crippen LogP contribution in [0.15, 0.2) is 36.4 Å². The Morgan fingerprint density at radius 2 is 1.96 bits per heavy atom. The minimum Gasteiger partial charge on any atom is -0.478 e. The highest BCUT2D eigenvalue weighted by Crippen LogP contribution is 2.43. The summed E-state index contributed by atoms with van der Waals surface area (Å²) in [6.45, 7) is 1.11. The van der Waals surface area contributed by atoms with Crippen molar-refractivity contribution in [3.05, 3.63) is 52.7 Å². The topological polar surface area (TPSA) is 114 Å². The number of fused-ring (bicyclic) bond motifs is 2. The highest BCUT2D eigenvalue weighted by molar-refractivity contribution is 6.32. The Balaban J connectivity index is 0.000000242. The van der Waals surface area contributed by atoms with E-state index in [2.05, 4.69) is 41.2 Å². The number of hydrogen-bond acceptors (Lipinski definition) is 4. The van der Waals surface area contributed by atoms with Crippen LogP contribution in [0.25, 0.3) is 16.5 Å². The van der Waals surface area contributed by atoms with Crippen molar-refractivity contribution >= 4 is 40.0 Å². The Hall–Kier alpha value is -2.61. The molecule has 0 amide bonds. The first-order valence-electron chi connectivity index (χ1n) is 8.78. The molecule has 0 saturated carbocycles. The first-order chi connectivity index (χ1) is 13.3. The molecule has 0 unspecified atom stereocenters. The molecule has 1 aliphatic carbocycles. The van der Waals surface area contributed by atoms with E-state index in [4.69, 9.17) is 21.8 Å². The lowest BCUT2D eigenvalue weighted by molar-refractivity contribution is -0.134. The molecule has 1 aliphatic heterocycles. The van der Waals surface area contributed by atoms with Crippen LogP contribution in [0.5, 0.6) is 0 Å². The third kappa shape index (κ3) is 3.96. The fraction of sp³-hybridized carbons (Fsp3) is 0.300. The van der Waals surface area contributed by atoms with E-state index in [9.17, 15) is 14.7 Å². The van der Waals surface area contributed by atoms with E-state index in [0.29, 0.717) is 18.2 Å². The standard InChI is InChI=1S/C16H17ClN2O.C4H4O4/c1-19-7-9(8-20)5-11-10-3-2-4-13-15(10)12(6-14(11)19)16(17)18-13;5-3(6)1-2-4(7)8/h2-5,9,14,18,20H,6-8H2,1H3;1-2H,(H,5,6)(H,7,8)/b;2-1-/t9-,14-;/m1./s1. The molecule has 7 nitrogen and oxygen atoms in total. The van der Waals surface area contributed by atoms with Gasteiger partial charge < -0.3 is 20.3 Å². The molecule has 0 saturated heterocycles. The normalized spacial score (nSPS) is 21.0. The monoisotopic (exact) mass is 404 g/mol. The van der Waals surface area contributed by atoms with Crippen molar-refractivity contribution in [1.29, 1.82) is 0 Å². The fourth-order valence-corrected chi connectivity index (χ4v) is 4.12. The van der Waals surface area contributed by atoms with E-state index in [1.54, 1.807) is 0 Å². The van der Waals surface area contributed by atoms with Gasteiger partial charge in [0.2, 0.25) is 0 Å². The van der Waals surface area contributed by atoms with Crippen LogP contribution in [-0.4, -0.2) is 63.4 Å². The van der Waals surface area contributed by atoms with E-state index in [0.717, 1.165) is 23.6 Å². The van der Waals surface area contributed by atoms with Gasteiger partial charge >= 0.3 is 11.9 Å². The third-order valence-corrected chi connectivity index (χ3v) is 5.34. The summed E-state index contributed by atoms with van der Waals surface area (Å²) in [4.78, 5) is 24.7. The van der Waals surface area contributed by atoms with Gasteiger partial charge in [-0.3, -0.25) is 4.90 Å². The van der Waals surface area contributed by atoms with Crippen molar-refractivity contribution in [2.45, 2.75) is 12.5 Å². The molecule has 2 atom stereocenters. The van der Waals surface area contributed by atoms with Gasteiger partial charge in [0.25, 0.3) is 0 Å². The maximum absolute atomic E-state index is 9.55. The second kappa shape index (κ2) is 8.18. The Labute approximate surface area is 166 Å². The lowest BCUT2D eigenvalue weighted by Gasteiger charge is -2.39. The zero-order valence-electron chi connectivity index (χ0n) is 15.2. The maximum atomic E-state index is 9.55. The number of hydrogen-bond donors (Lipinski definition) is 4. The number of aliphatic hydroxyl groups is 1. The zero-order valence-corrected chi connectivity index (χ0v) is 16.0. The van der Waals surface area contributed by atoms with Crippen LogP contribution >= 0.6 is 11.6 Å². The average molecular weight is 405 g/mol. The third-order valence-electron chi connectivity index (χ3n) is 5.02. The summed E-state index contributed by atoms with van der Waals surface area (Å²) in [7, 11) is 2.13. The maximum Gasteiger partial charge on any atom is 0.328 e. The van der Waals surface area contributed by atoms with E-state index < -0.39 is 11.9 Å². The first-order valence-corrected chi connectivity index (χ1v) is 9.15. The summed E-state index contributed by atoms with van der Waals surface area (Å²) in [5, 5.41) is 27.1. The van der Waals surface area contributed by atoms with Gasteiger partial charge in [0.1, 0.15) is 5.15 Å². The molecular weight excluding hydrogens is 384 g/mol. The number of carboxylic acids is 2. The number of nitrogens with zero attached hydrogens (tertiary/aromatic N) is 1. The minimum absolute atomic E-state index is 0.206. The molecule has 0 radical (unpaired) electrons. The van der Waals surface area contributed by atoms with Crippen LogP contribution in [0.3, 0.4) is 0 Å². The van der Waals surface area contributed by atoms with Gasteiger partial charge in [-0.05, 0) is 36.2 Å². The van der Waals surface area contributed by atoms with Gasteiger partial charge in [-0.2, -0.15) is 0 Å². The number of carboxylic acid groups (broad SMARTS) is 2. The number of H-pyrrole nitrogens is 1. The lowest BCUT2D eigenvalue weighted by Crippen LogP contribution is -2.43. The molecular formula is C20H21ClN2O5. The van der Waals surface area contributed by atoms with Crippen molar-refractivity contribution in [3.63, 3.8) is 0 Å². The number of benzene rings is 1. The second-order valence-electron chi connectivity index (χ2n) is 6.88. The molecule has 0 spiro atoms. The summed E-state index contributed by atoms with van der Waals surface area (Å²) in [5.74, 6) is -2.29. The molecule has 1 aromatic carbocycles. The Morgan fingerprint density at radius 1 is 1.29 bits per heavy atom. The molecule has 148 valence electrons. The molecule has 4 N–H and O–H groups in total. The quantitative estimate of drug-likeness (QED) is 0.584. The Bertz CT molecular complexity index is 962. The molecule has 2 aromatic rings. The van der Waals surface area contributed by atoms with Crippen molar-refractivity contribution in [1.82, 2.24) is 9.88 Å². The largest absolute Gasteiger partial charge is 0.478 e. The molecule has 0 fully saturated rings. The van der Waals surface area contributed by atoms with Crippen LogP contribution in [-0.2, 0) is 16.0 Å². The summed E-state index contributed by atoms with van der Waals surface area (Å²) in [5.41, 5.74) is 4.94. The molecule has 0 bridgehead atoms. The number of carbonyl (C=O) groups is 2. The minimum atomic E-state index is -1.26. The van der Waals surface area contributed by atoms with Crippen molar-refractivity contribution in [2.24, 2.45) is 5.92 Å². The molecule has 8 heteroatoms. The number of aliphatic hydroxyl groups excluding tert-OH is 1. The fourth-order valence-electron chi connectivity index (χ4n) is 3.85. The van der Waals surface area contributed by atoms with Crippen LogP contribution in [0.2, 0.25) is 5.15 Å². The highest BCUT2D eigenvalue weighted by Gasteiger charge is 2.34. The molecule has 4 rings (SSSR count). The number of rotatable bonds is 3. The van der Waals surface area contributed by atoms with Crippen LogP contribution in [0, 0.1) is 5.92 Å². The number of nitrogens with one attached hydrogen (secondary N) is 1.